The quantitative estimate of drug-likeness (QED) is 0.820. The molecule has 6 nitrogen and oxygen atoms in total. The minimum absolute atomic E-state index is 0.0255. The van der Waals surface area contributed by atoms with E-state index in [1.807, 2.05) is 0 Å². The lowest BCUT2D eigenvalue weighted by Crippen LogP contribution is -2.31. The number of ether oxygens (including phenoxy) is 1. The number of aryl methyl sites for hydroxylation is 1. The summed E-state index contributed by atoms with van der Waals surface area (Å²) >= 11 is 0. The zero-order valence-corrected chi connectivity index (χ0v) is 15.8. The van der Waals surface area contributed by atoms with Gasteiger partial charge in [0, 0.05) is 25.7 Å². The number of fused-ring (bicyclic) bond motifs is 1. The summed E-state index contributed by atoms with van der Waals surface area (Å²) in [7, 11) is -2.26. The van der Waals surface area contributed by atoms with Gasteiger partial charge in [-0.15, -0.1) is 0 Å². The molecule has 8 heteroatoms. The molecule has 0 aromatic heterocycles. The van der Waals surface area contributed by atoms with Crippen LogP contribution in [-0.2, 0) is 21.2 Å². The van der Waals surface area contributed by atoms with Gasteiger partial charge in [-0.05, 0) is 48.7 Å². The number of sulfonamides is 1. The van der Waals surface area contributed by atoms with Gasteiger partial charge in [0.2, 0.25) is 15.9 Å². The number of hydrogen-bond acceptors (Lipinski definition) is 4. The van der Waals surface area contributed by atoms with Crippen molar-refractivity contribution in [3.05, 3.63) is 53.8 Å². The third-order valence-corrected chi connectivity index (χ3v) is 6.26. The second-order valence-electron chi connectivity index (χ2n) is 6.33. The summed E-state index contributed by atoms with van der Waals surface area (Å²) in [5, 5.41) is 2.79. The number of carbonyl (C=O) groups excluding carboxylic acids is 1. The first-order chi connectivity index (χ1) is 12.9. The van der Waals surface area contributed by atoms with Crippen LogP contribution in [0.2, 0.25) is 0 Å². The van der Waals surface area contributed by atoms with E-state index in [2.05, 4.69) is 5.32 Å². The number of rotatable bonds is 6. The molecule has 144 valence electrons. The summed E-state index contributed by atoms with van der Waals surface area (Å²) < 4.78 is 45.6. The van der Waals surface area contributed by atoms with Crippen LogP contribution >= 0.6 is 0 Å². The molecule has 0 fully saturated rings. The molecule has 1 heterocycles. The Morgan fingerprint density at radius 2 is 1.96 bits per heavy atom. The number of nitrogens with one attached hydrogen (secondary N) is 1. The summed E-state index contributed by atoms with van der Waals surface area (Å²) in [6.07, 6.45) is 1.73. The smallest absolute Gasteiger partial charge is 0.242 e. The molecule has 2 aromatic rings. The highest BCUT2D eigenvalue weighted by Crippen LogP contribution is 2.26. The molecule has 0 spiro atoms. The molecule has 1 aliphatic heterocycles. The van der Waals surface area contributed by atoms with Gasteiger partial charge in [-0.2, -0.15) is 4.31 Å². The van der Waals surface area contributed by atoms with Gasteiger partial charge in [0.1, 0.15) is 6.61 Å². The molecule has 0 saturated carbocycles. The molecular weight excluding hydrogens is 371 g/mol. The van der Waals surface area contributed by atoms with Crippen LogP contribution in [0.3, 0.4) is 0 Å². The fraction of sp³-hybridized carbons (Fsp3) is 0.316. The fourth-order valence-electron chi connectivity index (χ4n) is 2.86. The van der Waals surface area contributed by atoms with Crippen molar-refractivity contribution < 1.29 is 22.3 Å². The van der Waals surface area contributed by atoms with Crippen LogP contribution < -0.4 is 10.1 Å². The molecule has 2 aromatic carbocycles. The van der Waals surface area contributed by atoms with Crippen LogP contribution in [0.1, 0.15) is 18.4 Å². The Kier molecular flexibility index (Phi) is 5.76. The average Bonchev–Trinajstić information content (AvgIpc) is 2.83. The van der Waals surface area contributed by atoms with E-state index < -0.39 is 15.8 Å². The van der Waals surface area contributed by atoms with Gasteiger partial charge < -0.3 is 10.1 Å². The third-order valence-electron chi connectivity index (χ3n) is 4.41. The number of likely N-dealkylation sites (N-methyl/N-ethyl adjacent to an activating group) is 1. The van der Waals surface area contributed by atoms with Gasteiger partial charge >= 0.3 is 0 Å². The number of amides is 1. The summed E-state index contributed by atoms with van der Waals surface area (Å²) in [5.74, 6) is -0.466. The minimum Gasteiger partial charge on any atom is -0.489 e. The topological polar surface area (TPSA) is 75.7 Å². The van der Waals surface area contributed by atoms with Crippen molar-refractivity contribution in [2.24, 2.45) is 0 Å². The van der Waals surface area contributed by atoms with Crippen LogP contribution in [0.15, 0.2) is 47.4 Å². The van der Waals surface area contributed by atoms with Gasteiger partial charge in [0.05, 0.1) is 4.90 Å². The first-order valence-electron chi connectivity index (χ1n) is 8.64. The molecule has 0 bridgehead atoms. The molecule has 0 aliphatic carbocycles. The Balaban J connectivity index is 1.69. The summed E-state index contributed by atoms with van der Waals surface area (Å²) in [5.41, 5.74) is 1.46. The fourth-order valence-corrected chi connectivity index (χ4v) is 4.06. The molecule has 27 heavy (non-hydrogen) atoms. The number of benzene rings is 2. The number of carbonyl (C=O) groups is 1. The molecule has 0 saturated heterocycles. The van der Waals surface area contributed by atoms with Crippen molar-refractivity contribution in [1.82, 2.24) is 4.31 Å². The van der Waals surface area contributed by atoms with Gasteiger partial charge in [-0.1, -0.05) is 12.1 Å². The normalized spacial score (nSPS) is 14.4. The highest BCUT2D eigenvalue weighted by atomic mass is 32.2. The first-order valence-corrected chi connectivity index (χ1v) is 10.1. The van der Waals surface area contributed by atoms with Crippen LogP contribution in [0.4, 0.5) is 10.1 Å². The molecular formula is C19H21FN2O4S. The third kappa shape index (κ3) is 4.45. The van der Waals surface area contributed by atoms with Crippen LogP contribution in [0.5, 0.6) is 5.75 Å². The first kappa shape index (κ1) is 19.3. The van der Waals surface area contributed by atoms with Gasteiger partial charge in [0.25, 0.3) is 0 Å². The van der Waals surface area contributed by atoms with Crippen molar-refractivity contribution in [3.8, 4) is 5.75 Å². The Morgan fingerprint density at radius 3 is 2.74 bits per heavy atom. The predicted octanol–water partition coefficient (Wildman–Crippen LogP) is 2.80. The zero-order valence-electron chi connectivity index (χ0n) is 14.9. The highest BCUT2D eigenvalue weighted by molar-refractivity contribution is 7.89. The highest BCUT2D eigenvalue weighted by Gasteiger charge is 2.23. The summed E-state index contributed by atoms with van der Waals surface area (Å²) in [4.78, 5) is 11.8. The summed E-state index contributed by atoms with van der Waals surface area (Å²) in [6, 6.07) is 10.7. The van der Waals surface area contributed by atoms with Crippen LogP contribution in [0.25, 0.3) is 0 Å². The standard InChI is InChI=1S/C19H21FN2O4S/c1-22(11-12-26-18-7-3-2-6-16(18)20)27(24,25)15-9-10-17-14(13-15)5-4-8-19(23)21-17/h2-3,6-7,9-10,13H,4-5,8,11-12H2,1H3,(H,21,23). The maximum absolute atomic E-state index is 13.5. The lowest BCUT2D eigenvalue weighted by molar-refractivity contribution is -0.116. The molecule has 1 aliphatic rings. The molecule has 0 unspecified atom stereocenters. The minimum atomic E-state index is -3.72. The van der Waals surface area contributed by atoms with Crippen LogP contribution in [-0.4, -0.2) is 38.8 Å². The van der Waals surface area contributed by atoms with E-state index in [0.717, 1.165) is 5.56 Å². The predicted molar refractivity (Wildman–Crippen MR) is 99.7 cm³/mol. The lowest BCUT2D eigenvalue weighted by Gasteiger charge is -2.18. The molecule has 1 amide bonds. The maximum Gasteiger partial charge on any atom is 0.242 e. The van der Waals surface area contributed by atoms with E-state index in [1.54, 1.807) is 24.3 Å². The zero-order chi connectivity index (χ0) is 19.4. The number of nitrogens with zero attached hydrogens (tertiary/aromatic N) is 1. The Hall–Kier alpha value is -2.45. The Morgan fingerprint density at radius 1 is 1.19 bits per heavy atom. The summed E-state index contributed by atoms with van der Waals surface area (Å²) in [6.45, 7) is 0.0994. The number of anilines is 1. The largest absolute Gasteiger partial charge is 0.489 e. The molecule has 3 rings (SSSR count). The molecule has 1 N–H and O–H groups in total. The van der Waals surface area contributed by atoms with E-state index in [0.29, 0.717) is 24.9 Å². The second kappa shape index (κ2) is 8.06. The van der Waals surface area contributed by atoms with Crippen molar-refractivity contribution >= 4 is 21.6 Å². The SMILES string of the molecule is CN(CCOc1ccccc1F)S(=O)(=O)c1ccc2c(c1)CCCC(=O)N2. The van der Waals surface area contributed by atoms with Crippen molar-refractivity contribution in [2.45, 2.75) is 24.2 Å². The maximum atomic E-state index is 13.5. The van der Waals surface area contributed by atoms with E-state index in [-0.39, 0.29) is 29.7 Å². The average molecular weight is 392 g/mol. The van der Waals surface area contributed by atoms with Crippen molar-refractivity contribution in [1.29, 1.82) is 0 Å². The van der Waals surface area contributed by atoms with Crippen molar-refractivity contribution in [3.63, 3.8) is 0 Å². The lowest BCUT2D eigenvalue weighted by atomic mass is 10.1. The van der Waals surface area contributed by atoms with Gasteiger partial charge in [-0.3, -0.25) is 4.79 Å². The number of halogens is 1. The molecule has 0 atom stereocenters. The second-order valence-corrected chi connectivity index (χ2v) is 8.37. The van der Waals surface area contributed by atoms with E-state index >= 15 is 0 Å². The van der Waals surface area contributed by atoms with Crippen molar-refractivity contribution in [2.75, 3.05) is 25.5 Å². The van der Waals surface area contributed by atoms with E-state index in [4.69, 9.17) is 4.74 Å². The van der Waals surface area contributed by atoms with Crippen LogP contribution in [0, 0.1) is 5.82 Å². The Labute approximate surface area is 158 Å². The number of para-hydroxylation sites is 1. The molecule has 0 radical (unpaired) electrons. The van der Waals surface area contributed by atoms with E-state index in [9.17, 15) is 17.6 Å². The monoisotopic (exact) mass is 392 g/mol. The number of hydrogen-bond donors (Lipinski definition) is 1. The Bertz CT molecular complexity index is 946. The van der Waals surface area contributed by atoms with Gasteiger partial charge in [-0.25, -0.2) is 12.8 Å². The van der Waals surface area contributed by atoms with Gasteiger partial charge in [0.15, 0.2) is 11.6 Å². The van der Waals surface area contributed by atoms with E-state index in [1.165, 1.54) is 29.6 Å².